The van der Waals surface area contributed by atoms with E-state index in [1.807, 2.05) is 48.5 Å². The molecule has 0 radical (unpaired) electrons. The molecule has 3 N–H and O–H groups in total. The molecule has 5 aromatic rings. The van der Waals surface area contributed by atoms with Crippen LogP contribution in [-0.2, 0) is 17.6 Å². The number of nitrogens with one attached hydrogen (secondary N) is 1. The Labute approximate surface area is 254 Å². The average molecular weight is 594 g/mol. The van der Waals surface area contributed by atoms with Gasteiger partial charge in [0.1, 0.15) is 5.82 Å². The van der Waals surface area contributed by atoms with Crippen LogP contribution in [0.2, 0.25) is 0 Å². The van der Waals surface area contributed by atoms with Gasteiger partial charge in [0.15, 0.2) is 5.75 Å². The minimum absolute atomic E-state index is 0.185. The zero-order valence-corrected chi connectivity index (χ0v) is 24.9. The lowest BCUT2D eigenvalue weighted by molar-refractivity contribution is -0.118. The Morgan fingerprint density at radius 2 is 1.75 bits per heavy atom. The normalized spacial score (nSPS) is 11.0. The molecule has 226 valence electrons. The number of hydrogen-bond donors (Lipinski definition) is 2. The summed E-state index contributed by atoms with van der Waals surface area (Å²) in [6.07, 6.45) is 7.79. The van der Waals surface area contributed by atoms with Gasteiger partial charge in [-0.1, -0.05) is 61.9 Å². The summed E-state index contributed by atoms with van der Waals surface area (Å²) in [5, 5.41) is 14.5. The van der Waals surface area contributed by atoms with E-state index in [-0.39, 0.29) is 17.4 Å². The number of aromatic amines is 1. The first-order chi connectivity index (χ1) is 21.4. The summed E-state index contributed by atoms with van der Waals surface area (Å²) >= 11 is 0. The number of ether oxygens (including phenoxy) is 1. The lowest BCUT2D eigenvalue weighted by Gasteiger charge is -2.15. The first-order valence-corrected chi connectivity index (χ1v) is 14.7. The fourth-order valence-electron chi connectivity index (χ4n) is 4.99. The summed E-state index contributed by atoms with van der Waals surface area (Å²) in [7, 11) is 0. The highest BCUT2D eigenvalue weighted by Crippen LogP contribution is 2.30. The van der Waals surface area contributed by atoms with Crippen molar-refractivity contribution in [1.29, 1.82) is 0 Å². The first-order valence-electron chi connectivity index (χ1n) is 14.7. The first kappa shape index (κ1) is 30.2. The minimum atomic E-state index is -0.327. The van der Waals surface area contributed by atoms with Crippen molar-refractivity contribution in [2.45, 2.75) is 58.8 Å². The maximum atomic E-state index is 14.0. The van der Waals surface area contributed by atoms with Crippen LogP contribution in [-0.4, -0.2) is 52.7 Å². The minimum Gasteiger partial charge on any atom is -0.490 e. The van der Waals surface area contributed by atoms with E-state index in [1.54, 1.807) is 6.92 Å². The van der Waals surface area contributed by atoms with E-state index in [0.29, 0.717) is 61.7 Å². The van der Waals surface area contributed by atoms with Crippen molar-refractivity contribution < 1.29 is 9.53 Å². The molecule has 0 aliphatic carbocycles. The third-order valence-electron chi connectivity index (χ3n) is 7.26. The molecular weight excluding hydrogens is 558 g/mol. The van der Waals surface area contributed by atoms with Gasteiger partial charge < -0.3 is 10.5 Å². The average Bonchev–Trinajstić information content (AvgIpc) is 3.57. The van der Waals surface area contributed by atoms with Gasteiger partial charge in [0, 0.05) is 24.0 Å². The molecule has 0 saturated carbocycles. The van der Waals surface area contributed by atoms with E-state index in [0.717, 1.165) is 40.8 Å². The van der Waals surface area contributed by atoms with Crippen molar-refractivity contribution in [2.24, 2.45) is 5.73 Å². The van der Waals surface area contributed by atoms with Crippen LogP contribution in [0.25, 0.3) is 28.5 Å². The van der Waals surface area contributed by atoms with Crippen molar-refractivity contribution in [2.75, 3.05) is 6.61 Å². The Morgan fingerprint density at radius 1 is 1.00 bits per heavy atom. The standard InChI is InChI=1S/C32H35N9O3/c1-3-4-11-28-27(18-22-13-15-23(16-14-22)25-9-5-6-10-26(25)30-37-39-40-38-30)31(43)41(21(2)36-28)32-34-19-24(20-35-32)44-17-8-7-12-29(33)42/h5-6,9-10,13-16,19-20H,3-4,7-8,11-12,17-18H2,1-2H3,(H2,33,42)(H,37,38,39,40). The highest BCUT2D eigenvalue weighted by atomic mass is 16.5. The number of amides is 1. The van der Waals surface area contributed by atoms with Gasteiger partial charge in [0.05, 0.1) is 24.7 Å². The molecular formula is C32H35N9O3. The predicted molar refractivity (Wildman–Crippen MR) is 165 cm³/mol. The molecule has 0 bridgehead atoms. The molecule has 0 aliphatic rings. The SMILES string of the molecule is CCCCc1nc(C)n(-c2ncc(OCCCCC(N)=O)cn2)c(=O)c1Cc1ccc(-c2ccccc2-c2nn[nH]n2)cc1. The highest BCUT2D eigenvalue weighted by Gasteiger charge is 2.18. The van der Waals surface area contributed by atoms with Crippen molar-refractivity contribution in [3.05, 3.63) is 93.9 Å². The van der Waals surface area contributed by atoms with E-state index < -0.39 is 0 Å². The molecule has 0 fully saturated rings. The van der Waals surface area contributed by atoms with Crippen LogP contribution < -0.4 is 16.0 Å². The van der Waals surface area contributed by atoms with E-state index in [2.05, 4.69) is 37.5 Å². The number of aryl methyl sites for hydroxylation is 2. The van der Waals surface area contributed by atoms with Gasteiger partial charge in [-0.25, -0.2) is 19.5 Å². The summed E-state index contributed by atoms with van der Waals surface area (Å²) in [5.74, 6) is 1.44. The summed E-state index contributed by atoms with van der Waals surface area (Å²) in [5.41, 5.74) is 10.3. The molecule has 2 aromatic carbocycles. The molecule has 5 rings (SSSR count). The number of hydrogen-bond acceptors (Lipinski definition) is 9. The fourth-order valence-corrected chi connectivity index (χ4v) is 4.99. The van der Waals surface area contributed by atoms with Crippen molar-refractivity contribution in [1.82, 2.24) is 40.1 Å². The third kappa shape index (κ3) is 7.20. The van der Waals surface area contributed by atoms with Crippen molar-refractivity contribution in [3.8, 4) is 34.2 Å². The predicted octanol–water partition coefficient (Wildman–Crippen LogP) is 4.15. The van der Waals surface area contributed by atoms with Gasteiger partial charge in [-0.2, -0.15) is 5.21 Å². The molecule has 0 spiro atoms. The Hall–Kier alpha value is -5.26. The molecule has 3 aromatic heterocycles. The number of primary amides is 1. The van der Waals surface area contributed by atoms with Crippen LogP contribution in [0.4, 0.5) is 0 Å². The molecule has 12 nitrogen and oxygen atoms in total. The number of benzene rings is 2. The van der Waals surface area contributed by atoms with Crippen LogP contribution >= 0.6 is 0 Å². The molecule has 0 saturated heterocycles. The quantitative estimate of drug-likeness (QED) is 0.180. The van der Waals surface area contributed by atoms with Gasteiger partial charge in [0.2, 0.25) is 17.7 Å². The molecule has 3 heterocycles. The van der Waals surface area contributed by atoms with Gasteiger partial charge in [-0.3, -0.25) is 9.59 Å². The largest absolute Gasteiger partial charge is 0.490 e. The summed E-state index contributed by atoms with van der Waals surface area (Å²) < 4.78 is 7.14. The second-order valence-electron chi connectivity index (χ2n) is 10.5. The number of tetrazole rings is 1. The number of rotatable bonds is 14. The summed E-state index contributed by atoms with van der Waals surface area (Å²) in [4.78, 5) is 38.5. The maximum absolute atomic E-state index is 14.0. The maximum Gasteiger partial charge on any atom is 0.264 e. The lowest BCUT2D eigenvalue weighted by atomic mass is 9.96. The van der Waals surface area contributed by atoms with Gasteiger partial charge in [-0.15, -0.1) is 10.2 Å². The van der Waals surface area contributed by atoms with Gasteiger partial charge in [0.25, 0.3) is 5.56 Å². The number of aromatic nitrogens is 8. The molecule has 0 unspecified atom stereocenters. The molecule has 0 aliphatic heterocycles. The Kier molecular flexibility index (Phi) is 9.80. The second kappa shape index (κ2) is 14.3. The zero-order valence-electron chi connectivity index (χ0n) is 24.9. The number of H-pyrrole nitrogens is 1. The number of carbonyl (C=O) groups is 1. The zero-order chi connectivity index (χ0) is 30.9. The lowest BCUT2D eigenvalue weighted by Crippen LogP contribution is -2.29. The summed E-state index contributed by atoms with van der Waals surface area (Å²) in [6, 6.07) is 16.0. The second-order valence-corrected chi connectivity index (χ2v) is 10.5. The van der Waals surface area contributed by atoms with Crippen molar-refractivity contribution >= 4 is 5.91 Å². The molecule has 12 heteroatoms. The highest BCUT2D eigenvalue weighted by molar-refractivity contribution is 5.80. The number of unbranched alkanes of at least 4 members (excludes halogenated alkanes) is 2. The fraction of sp³-hybridized carbons (Fsp3) is 0.312. The van der Waals surface area contributed by atoms with Crippen LogP contribution in [0.1, 0.15) is 61.7 Å². The Morgan fingerprint density at radius 3 is 2.43 bits per heavy atom. The van der Waals surface area contributed by atoms with E-state index in [4.69, 9.17) is 15.5 Å². The van der Waals surface area contributed by atoms with Crippen LogP contribution in [0.15, 0.2) is 65.7 Å². The van der Waals surface area contributed by atoms with Gasteiger partial charge in [-0.05, 0) is 54.5 Å². The number of nitrogens with zero attached hydrogens (tertiary/aromatic N) is 7. The third-order valence-corrected chi connectivity index (χ3v) is 7.26. The number of carbonyl (C=O) groups excluding carboxylic acids is 1. The molecule has 44 heavy (non-hydrogen) atoms. The van der Waals surface area contributed by atoms with E-state index >= 15 is 0 Å². The van der Waals surface area contributed by atoms with Gasteiger partial charge >= 0.3 is 0 Å². The Bertz CT molecular complexity index is 1750. The van der Waals surface area contributed by atoms with Crippen LogP contribution in [0.3, 0.4) is 0 Å². The Balaban J connectivity index is 1.39. The van der Waals surface area contributed by atoms with E-state index in [9.17, 15) is 9.59 Å². The topological polar surface area (TPSA) is 167 Å². The monoisotopic (exact) mass is 593 g/mol. The van der Waals surface area contributed by atoms with Crippen LogP contribution in [0, 0.1) is 6.92 Å². The smallest absolute Gasteiger partial charge is 0.264 e. The van der Waals surface area contributed by atoms with Crippen LogP contribution in [0.5, 0.6) is 5.75 Å². The molecule has 0 atom stereocenters. The summed E-state index contributed by atoms with van der Waals surface area (Å²) in [6.45, 7) is 4.32. The van der Waals surface area contributed by atoms with E-state index in [1.165, 1.54) is 17.0 Å². The molecule has 1 amide bonds. The number of nitrogens with two attached hydrogens (primary N) is 1. The van der Waals surface area contributed by atoms with Crippen molar-refractivity contribution in [3.63, 3.8) is 0 Å².